The summed E-state index contributed by atoms with van der Waals surface area (Å²) in [6, 6.07) is 1.29. The van der Waals surface area contributed by atoms with Crippen LogP contribution < -0.4 is 5.32 Å². The largest absolute Gasteiger partial charge is 0.375 e. The Morgan fingerprint density at radius 1 is 1.10 bits per heavy atom. The summed E-state index contributed by atoms with van der Waals surface area (Å²) in [4.78, 5) is 0. The fourth-order valence-electron chi connectivity index (χ4n) is 1.86. The molecule has 20 heavy (non-hydrogen) atoms. The van der Waals surface area contributed by atoms with Gasteiger partial charge in [-0.2, -0.15) is 0 Å². The van der Waals surface area contributed by atoms with Gasteiger partial charge in [-0.1, -0.05) is 13.8 Å². The van der Waals surface area contributed by atoms with Crippen LogP contribution in [0.3, 0.4) is 0 Å². The number of benzene rings is 1. The fourth-order valence-corrected chi connectivity index (χ4v) is 1.86. The molecule has 0 bridgehead atoms. The second-order valence-electron chi connectivity index (χ2n) is 4.79. The lowest BCUT2D eigenvalue weighted by molar-refractivity contribution is 0.496. The Morgan fingerprint density at radius 3 is 2.35 bits per heavy atom. The number of aromatic nitrogens is 3. The Bertz CT molecular complexity index is 622. The predicted molar refractivity (Wildman–Crippen MR) is 68.7 cm³/mol. The molecule has 0 amide bonds. The SMILES string of the molecule is CC(C)c1nnc(CNc2cc(F)c(F)cc2F)n1C. The zero-order valence-electron chi connectivity index (χ0n) is 11.4. The van der Waals surface area contributed by atoms with Gasteiger partial charge in [-0.15, -0.1) is 10.2 Å². The standard InChI is InChI=1S/C13H15F3N4/c1-7(2)13-19-18-12(20(13)3)6-17-11-5-9(15)8(14)4-10(11)16/h4-5,7,17H,6H2,1-3H3. The highest BCUT2D eigenvalue weighted by Crippen LogP contribution is 2.19. The molecule has 0 atom stereocenters. The van der Waals surface area contributed by atoms with Gasteiger partial charge in [0, 0.05) is 25.1 Å². The molecule has 0 saturated heterocycles. The van der Waals surface area contributed by atoms with Crippen LogP contribution in [0.2, 0.25) is 0 Å². The van der Waals surface area contributed by atoms with Gasteiger partial charge in [-0.25, -0.2) is 13.2 Å². The molecule has 1 aromatic heterocycles. The van der Waals surface area contributed by atoms with Gasteiger partial charge >= 0.3 is 0 Å². The summed E-state index contributed by atoms with van der Waals surface area (Å²) in [7, 11) is 1.80. The van der Waals surface area contributed by atoms with E-state index in [4.69, 9.17) is 0 Å². The van der Waals surface area contributed by atoms with E-state index in [2.05, 4.69) is 15.5 Å². The third-order valence-corrected chi connectivity index (χ3v) is 2.96. The second-order valence-corrected chi connectivity index (χ2v) is 4.79. The van der Waals surface area contributed by atoms with Gasteiger partial charge in [0.05, 0.1) is 12.2 Å². The maximum Gasteiger partial charge on any atom is 0.161 e. The summed E-state index contributed by atoms with van der Waals surface area (Å²) in [6.45, 7) is 4.13. The molecule has 2 aromatic rings. The number of rotatable bonds is 4. The number of hydrogen-bond donors (Lipinski definition) is 1. The van der Waals surface area contributed by atoms with Crippen LogP contribution >= 0.6 is 0 Å². The minimum absolute atomic E-state index is 0.113. The lowest BCUT2D eigenvalue weighted by Crippen LogP contribution is -2.09. The van der Waals surface area contributed by atoms with Crippen LogP contribution in [0.25, 0.3) is 0 Å². The molecule has 108 valence electrons. The predicted octanol–water partition coefficient (Wildman–Crippen LogP) is 2.97. The average molecular weight is 284 g/mol. The van der Waals surface area contributed by atoms with Gasteiger partial charge in [0.25, 0.3) is 0 Å². The van der Waals surface area contributed by atoms with E-state index in [0.29, 0.717) is 11.9 Å². The van der Waals surface area contributed by atoms with E-state index in [0.717, 1.165) is 11.9 Å². The minimum Gasteiger partial charge on any atom is -0.375 e. The molecule has 0 radical (unpaired) electrons. The molecular weight excluding hydrogens is 269 g/mol. The van der Waals surface area contributed by atoms with Gasteiger partial charge in [0.2, 0.25) is 0 Å². The third-order valence-electron chi connectivity index (χ3n) is 2.96. The molecule has 1 N–H and O–H groups in total. The summed E-state index contributed by atoms with van der Waals surface area (Å²) in [5, 5.41) is 10.7. The topological polar surface area (TPSA) is 42.7 Å². The van der Waals surface area contributed by atoms with Gasteiger partial charge in [0.15, 0.2) is 17.5 Å². The Balaban J connectivity index is 2.15. The van der Waals surface area contributed by atoms with Crippen molar-refractivity contribution in [3.8, 4) is 0 Å². The molecule has 0 fully saturated rings. The fraction of sp³-hybridized carbons (Fsp3) is 0.385. The molecule has 2 rings (SSSR count). The van der Waals surface area contributed by atoms with E-state index in [1.807, 2.05) is 13.8 Å². The van der Waals surface area contributed by atoms with Crippen LogP contribution in [0.4, 0.5) is 18.9 Å². The van der Waals surface area contributed by atoms with Crippen LogP contribution in [-0.2, 0) is 13.6 Å². The Hall–Kier alpha value is -2.05. The van der Waals surface area contributed by atoms with Crippen LogP contribution in [0.5, 0.6) is 0 Å². The molecule has 4 nitrogen and oxygen atoms in total. The Morgan fingerprint density at radius 2 is 1.75 bits per heavy atom. The Labute approximate surface area is 114 Å². The first-order chi connectivity index (χ1) is 9.40. The molecule has 0 spiro atoms. The summed E-state index contributed by atoms with van der Waals surface area (Å²) in [5.74, 6) is -1.58. The summed E-state index contributed by atoms with van der Waals surface area (Å²) >= 11 is 0. The van der Waals surface area contributed by atoms with E-state index in [-0.39, 0.29) is 18.2 Å². The van der Waals surface area contributed by atoms with E-state index in [1.165, 1.54) is 0 Å². The van der Waals surface area contributed by atoms with E-state index < -0.39 is 17.5 Å². The van der Waals surface area contributed by atoms with Crippen molar-refractivity contribution in [2.75, 3.05) is 5.32 Å². The molecule has 0 aliphatic heterocycles. The van der Waals surface area contributed by atoms with Gasteiger partial charge in [-0.05, 0) is 0 Å². The van der Waals surface area contributed by atoms with Gasteiger partial charge < -0.3 is 9.88 Å². The van der Waals surface area contributed by atoms with E-state index >= 15 is 0 Å². The molecule has 7 heteroatoms. The molecule has 1 heterocycles. The van der Waals surface area contributed by atoms with E-state index in [1.54, 1.807) is 11.6 Å². The first-order valence-corrected chi connectivity index (χ1v) is 6.16. The summed E-state index contributed by atoms with van der Waals surface area (Å²) in [5.41, 5.74) is -0.113. The number of nitrogens with zero attached hydrogens (tertiary/aromatic N) is 3. The van der Waals surface area contributed by atoms with Crippen molar-refractivity contribution in [1.29, 1.82) is 0 Å². The van der Waals surface area contributed by atoms with Gasteiger partial charge in [-0.3, -0.25) is 0 Å². The number of halogens is 3. The smallest absolute Gasteiger partial charge is 0.161 e. The van der Waals surface area contributed by atoms with Crippen LogP contribution in [0.15, 0.2) is 12.1 Å². The van der Waals surface area contributed by atoms with Crippen LogP contribution in [-0.4, -0.2) is 14.8 Å². The lowest BCUT2D eigenvalue weighted by atomic mass is 10.2. The number of hydrogen-bond acceptors (Lipinski definition) is 3. The van der Waals surface area contributed by atoms with Crippen molar-refractivity contribution < 1.29 is 13.2 Å². The van der Waals surface area contributed by atoms with Crippen molar-refractivity contribution in [3.05, 3.63) is 41.2 Å². The molecule has 0 aliphatic carbocycles. The minimum atomic E-state index is -1.21. The van der Waals surface area contributed by atoms with Crippen LogP contribution in [0.1, 0.15) is 31.4 Å². The van der Waals surface area contributed by atoms with Crippen LogP contribution in [0, 0.1) is 17.5 Å². The molecule has 0 aliphatic rings. The molecular formula is C13H15F3N4. The second kappa shape index (κ2) is 5.52. The first kappa shape index (κ1) is 14.4. The zero-order chi connectivity index (χ0) is 14.9. The molecule has 0 unspecified atom stereocenters. The van der Waals surface area contributed by atoms with E-state index in [9.17, 15) is 13.2 Å². The number of nitrogens with one attached hydrogen (secondary N) is 1. The quantitative estimate of drug-likeness (QED) is 0.878. The lowest BCUT2D eigenvalue weighted by Gasteiger charge is -2.09. The maximum absolute atomic E-state index is 13.5. The van der Waals surface area contributed by atoms with Crippen molar-refractivity contribution in [2.45, 2.75) is 26.3 Å². The van der Waals surface area contributed by atoms with Crippen molar-refractivity contribution in [1.82, 2.24) is 14.8 Å². The zero-order valence-corrected chi connectivity index (χ0v) is 11.4. The summed E-state index contributed by atoms with van der Waals surface area (Å²) in [6.07, 6.45) is 0. The summed E-state index contributed by atoms with van der Waals surface area (Å²) < 4.78 is 41.1. The Kier molecular flexibility index (Phi) is 3.96. The highest BCUT2D eigenvalue weighted by molar-refractivity contribution is 5.45. The number of anilines is 1. The maximum atomic E-state index is 13.5. The average Bonchev–Trinajstić information content (AvgIpc) is 2.74. The molecule has 1 aromatic carbocycles. The highest BCUT2D eigenvalue weighted by atomic mass is 19.2. The first-order valence-electron chi connectivity index (χ1n) is 6.16. The third kappa shape index (κ3) is 2.76. The van der Waals surface area contributed by atoms with Gasteiger partial charge in [0.1, 0.15) is 11.6 Å². The van der Waals surface area contributed by atoms with Crippen molar-refractivity contribution in [3.63, 3.8) is 0 Å². The normalized spacial score (nSPS) is 11.2. The van der Waals surface area contributed by atoms with Crippen molar-refractivity contribution in [2.24, 2.45) is 7.05 Å². The highest BCUT2D eigenvalue weighted by Gasteiger charge is 2.13. The van der Waals surface area contributed by atoms with Crippen molar-refractivity contribution >= 4 is 5.69 Å². The monoisotopic (exact) mass is 284 g/mol. The molecule has 0 saturated carbocycles.